The van der Waals surface area contributed by atoms with Crippen LogP contribution in [-0.4, -0.2) is 28.6 Å². The molecule has 1 aromatic rings. The Morgan fingerprint density at radius 2 is 2.05 bits per heavy atom. The Hall–Kier alpha value is -1.95. The van der Waals surface area contributed by atoms with Crippen LogP contribution in [0.2, 0.25) is 0 Å². The fourth-order valence-electron chi connectivity index (χ4n) is 1.66. The van der Waals surface area contributed by atoms with E-state index >= 15 is 0 Å². The largest absolute Gasteiger partial charge is 0.391 e. The highest BCUT2D eigenvalue weighted by Gasteiger charge is 2.23. The van der Waals surface area contributed by atoms with E-state index in [1.165, 1.54) is 25.1 Å². The number of benzene rings is 1. The number of aliphatic hydroxyl groups is 1. The van der Waals surface area contributed by atoms with Gasteiger partial charge in [-0.2, -0.15) is 0 Å². The van der Waals surface area contributed by atoms with E-state index in [0.717, 1.165) is 0 Å². The Morgan fingerprint density at radius 1 is 1.45 bits per heavy atom. The SMILES string of the molecule is Cc1c(C(=O)NCC(O)C(C)(C)C)cccc1[N+](=O)[O-]. The number of rotatable bonds is 4. The van der Waals surface area contributed by atoms with Gasteiger partial charge in [-0.05, 0) is 18.4 Å². The van der Waals surface area contributed by atoms with Gasteiger partial charge in [0.25, 0.3) is 11.6 Å². The minimum absolute atomic E-state index is 0.0889. The Labute approximate surface area is 118 Å². The van der Waals surface area contributed by atoms with E-state index in [4.69, 9.17) is 0 Å². The summed E-state index contributed by atoms with van der Waals surface area (Å²) in [4.78, 5) is 22.3. The highest BCUT2D eigenvalue weighted by Crippen LogP contribution is 2.21. The van der Waals surface area contributed by atoms with Crippen LogP contribution in [0.1, 0.15) is 36.7 Å². The summed E-state index contributed by atoms with van der Waals surface area (Å²) in [6.45, 7) is 7.23. The number of hydrogen-bond acceptors (Lipinski definition) is 4. The lowest BCUT2D eigenvalue weighted by molar-refractivity contribution is -0.385. The van der Waals surface area contributed by atoms with Gasteiger partial charge in [0.1, 0.15) is 0 Å². The van der Waals surface area contributed by atoms with Crippen LogP contribution >= 0.6 is 0 Å². The fraction of sp³-hybridized carbons (Fsp3) is 0.500. The second-order valence-corrected chi connectivity index (χ2v) is 5.80. The third kappa shape index (κ3) is 3.77. The second-order valence-electron chi connectivity index (χ2n) is 5.80. The van der Waals surface area contributed by atoms with E-state index in [0.29, 0.717) is 5.56 Å². The zero-order valence-electron chi connectivity index (χ0n) is 12.1. The summed E-state index contributed by atoms with van der Waals surface area (Å²) in [6, 6.07) is 4.36. The van der Waals surface area contributed by atoms with Crippen molar-refractivity contribution in [1.29, 1.82) is 0 Å². The molecule has 0 saturated heterocycles. The molecule has 0 saturated carbocycles. The number of nitro benzene ring substituents is 1. The van der Waals surface area contributed by atoms with Crippen LogP contribution < -0.4 is 5.32 Å². The minimum Gasteiger partial charge on any atom is -0.391 e. The number of nitrogens with one attached hydrogen (secondary N) is 1. The molecule has 110 valence electrons. The lowest BCUT2D eigenvalue weighted by Crippen LogP contribution is -2.39. The number of amides is 1. The highest BCUT2D eigenvalue weighted by atomic mass is 16.6. The predicted molar refractivity (Wildman–Crippen MR) is 75.6 cm³/mol. The molecule has 0 aliphatic heterocycles. The molecular formula is C14H20N2O4. The summed E-state index contributed by atoms with van der Waals surface area (Å²) in [5.41, 5.74) is 0.139. The van der Waals surface area contributed by atoms with E-state index in [2.05, 4.69) is 5.32 Å². The Bertz CT molecular complexity index is 520. The van der Waals surface area contributed by atoms with Crippen LogP contribution in [0, 0.1) is 22.5 Å². The lowest BCUT2D eigenvalue weighted by Gasteiger charge is -2.25. The maximum Gasteiger partial charge on any atom is 0.273 e. The molecule has 0 aliphatic carbocycles. The van der Waals surface area contributed by atoms with Crippen molar-refractivity contribution in [2.24, 2.45) is 5.41 Å². The molecule has 20 heavy (non-hydrogen) atoms. The Morgan fingerprint density at radius 3 is 2.55 bits per heavy atom. The standard InChI is InChI=1S/C14H20N2O4/c1-9-10(6-5-7-11(9)16(19)20)13(18)15-8-12(17)14(2,3)4/h5-7,12,17H,8H2,1-4H3,(H,15,18). The van der Waals surface area contributed by atoms with Gasteiger partial charge in [-0.25, -0.2) is 0 Å². The summed E-state index contributed by atoms with van der Waals surface area (Å²) >= 11 is 0. The predicted octanol–water partition coefficient (Wildman–Crippen LogP) is 2.04. The van der Waals surface area contributed by atoms with Gasteiger partial charge in [0.2, 0.25) is 0 Å². The first-order valence-electron chi connectivity index (χ1n) is 6.35. The maximum atomic E-state index is 12.0. The van der Waals surface area contributed by atoms with Crippen molar-refractivity contribution >= 4 is 11.6 Å². The van der Waals surface area contributed by atoms with Gasteiger partial charge in [-0.1, -0.05) is 26.8 Å². The molecule has 6 heteroatoms. The molecular weight excluding hydrogens is 260 g/mol. The first kappa shape index (κ1) is 16.1. The van der Waals surface area contributed by atoms with Crippen molar-refractivity contribution in [3.8, 4) is 0 Å². The van der Waals surface area contributed by atoms with E-state index < -0.39 is 16.9 Å². The molecule has 1 atom stereocenters. The van der Waals surface area contributed by atoms with Crippen LogP contribution in [0.3, 0.4) is 0 Å². The van der Waals surface area contributed by atoms with Gasteiger partial charge in [-0.15, -0.1) is 0 Å². The molecule has 0 heterocycles. The molecule has 0 bridgehead atoms. The number of aliphatic hydroxyl groups excluding tert-OH is 1. The van der Waals surface area contributed by atoms with Gasteiger partial charge in [0.15, 0.2) is 0 Å². The van der Waals surface area contributed by atoms with Crippen LogP contribution in [0.4, 0.5) is 5.69 Å². The van der Waals surface area contributed by atoms with E-state index in [1.54, 1.807) is 0 Å². The van der Waals surface area contributed by atoms with Crippen molar-refractivity contribution in [1.82, 2.24) is 5.32 Å². The molecule has 1 amide bonds. The first-order chi connectivity index (χ1) is 9.14. The minimum atomic E-state index is -0.689. The van der Waals surface area contributed by atoms with Crippen molar-refractivity contribution in [3.05, 3.63) is 39.4 Å². The molecule has 2 N–H and O–H groups in total. The van der Waals surface area contributed by atoms with Gasteiger partial charge < -0.3 is 10.4 Å². The van der Waals surface area contributed by atoms with Crippen molar-refractivity contribution < 1.29 is 14.8 Å². The quantitative estimate of drug-likeness (QED) is 0.652. The van der Waals surface area contributed by atoms with Crippen LogP contribution in [0.15, 0.2) is 18.2 Å². The Balaban J connectivity index is 2.84. The molecule has 0 radical (unpaired) electrons. The van der Waals surface area contributed by atoms with Crippen LogP contribution in [-0.2, 0) is 0 Å². The number of nitrogens with zero attached hydrogens (tertiary/aromatic N) is 1. The van der Waals surface area contributed by atoms with Gasteiger partial charge in [0.05, 0.1) is 11.0 Å². The van der Waals surface area contributed by atoms with E-state index in [9.17, 15) is 20.0 Å². The smallest absolute Gasteiger partial charge is 0.273 e. The molecule has 1 unspecified atom stereocenters. The van der Waals surface area contributed by atoms with E-state index in [-0.39, 0.29) is 23.2 Å². The molecule has 1 rings (SSSR count). The third-order valence-corrected chi connectivity index (χ3v) is 3.20. The lowest BCUT2D eigenvalue weighted by atomic mass is 9.89. The molecule has 0 aromatic heterocycles. The number of hydrogen-bond donors (Lipinski definition) is 2. The molecule has 0 fully saturated rings. The normalized spacial score (nSPS) is 12.8. The van der Waals surface area contributed by atoms with E-state index in [1.807, 2.05) is 20.8 Å². The second kappa shape index (κ2) is 6.00. The number of carbonyl (C=O) groups excluding carboxylic acids is 1. The summed E-state index contributed by atoms with van der Waals surface area (Å²) in [6.07, 6.45) is -0.689. The monoisotopic (exact) mass is 280 g/mol. The molecule has 1 aromatic carbocycles. The zero-order chi connectivity index (χ0) is 15.5. The van der Waals surface area contributed by atoms with Gasteiger partial charge >= 0.3 is 0 Å². The van der Waals surface area contributed by atoms with Crippen molar-refractivity contribution in [2.45, 2.75) is 33.8 Å². The number of carbonyl (C=O) groups is 1. The van der Waals surface area contributed by atoms with Gasteiger partial charge in [0, 0.05) is 23.7 Å². The summed E-state index contributed by atoms with van der Waals surface area (Å²) < 4.78 is 0. The fourth-order valence-corrected chi connectivity index (χ4v) is 1.66. The average molecular weight is 280 g/mol. The number of nitro groups is 1. The molecule has 0 spiro atoms. The first-order valence-corrected chi connectivity index (χ1v) is 6.35. The third-order valence-electron chi connectivity index (χ3n) is 3.20. The summed E-state index contributed by atoms with van der Waals surface area (Å²) in [5.74, 6) is -0.422. The summed E-state index contributed by atoms with van der Waals surface area (Å²) in [5, 5.41) is 23.3. The Kier molecular flexibility index (Phi) is 4.83. The topological polar surface area (TPSA) is 92.5 Å². The van der Waals surface area contributed by atoms with Crippen molar-refractivity contribution in [2.75, 3.05) is 6.54 Å². The molecule has 0 aliphatic rings. The summed E-state index contributed by atoms with van der Waals surface area (Å²) in [7, 11) is 0. The zero-order valence-corrected chi connectivity index (χ0v) is 12.1. The molecule has 6 nitrogen and oxygen atoms in total. The van der Waals surface area contributed by atoms with Crippen LogP contribution in [0.25, 0.3) is 0 Å². The van der Waals surface area contributed by atoms with Crippen LogP contribution in [0.5, 0.6) is 0 Å². The van der Waals surface area contributed by atoms with Crippen molar-refractivity contribution in [3.63, 3.8) is 0 Å². The maximum absolute atomic E-state index is 12.0. The highest BCUT2D eigenvalue weighted by molar-refractivity contribution is 5.96. The van der Waals surface area contributed by atoms with Gasteiger partial charge in [-0.3, -0.25) is 14.9 Å². The average Bonchev–Trinajstić information content (AvgIpc) is 2.34.